The average molecular weight is 261 g/mol. The molecule has 0 unspecified atom stereocenters. The first-order valence-corrected chi connectivity index (χ1v) is 7.15. The molecule has 1 aliphatic heterocycles. The quantitative estimate of drug-likeness (QED) is 0.712. The SMILES string of the molecule is Clc1ccc([C@H]2CSc3ccccc3C2)cc1. The topological polar surface area (TPSA) is 0 Å². The summed E-state index contributed by atoms with van der Waals surface area (Å²) in [6.07, 6.45) is 1.14. The normalized spacial score (nSPS) is 18.8. The van der Waals surface area contributed by atoms with Gasteiger partial charge in [0.1, 0.15) is 0 Å². The maximum Gasteiger partial charge on any atom is 0.0406 e. The second-order valence-electron chi connectivity index (χ2n) is 4.37. The van der Waals surface area contributed by atoms with Crippen molar-refractivity contribution in [3.8, 4) is 0 Å². The first-order chi connectivity index (χ1) is 8.33. The molecule has 0 bridgehead atoms. The van der Waals surface area contributed by atoms with E-state index < -0.39 is 0 Å². The van der Waals surface area contributed by atoms with Gasteiger partial charge in [-0.25, -0.2) is 0 Å². The van der Waals surface area contributed by atoms with Crippen molar-refractivity contribution >= 4 is 23.4 Å². The highest BCUT2D eigenvalue weighted by molar-refractivity contribution is 7.99. The van der Waals surface area contributed by atoms with E-state index in [1.165, 1.54) is 21.8 Å². The van der Waals surface area contributed by atoms with Gasteiger partial charge in [-0.1, -0.05) is 41.9 Å². The number of benzene rings is 2. The predicted octanol–water partition coefficient (Wildman–Crippen LogP) is 4.77. The summed E-state index contributed by atoms with van der Waals surface area (Å²) in [5.74, 6) is 1.78. The van der Waals surface area contributed by atoms with Crippen molar-refractivity contribution in [1.82, 2.24) is 0 Å². The molecule has 0 aliphatic carbocycles. The van der Waals surface area contributed by atoms with Crippen LogP contribution in [0, 0.1) is 0 Å². The van der Waals surface area contributed by atoms with Crippen LogP contribution < -0.4 is 0 Å². The Bertz CT molecular complexity index is 519. The number of hydrogen-bond acceptors (Lipinski definition) is 1. The molecule has 0 fully saturated rings. The lowest BCUT2D eigenvalue weighted by Gasteiger charge is -2.24. The van der Waals surface area contributed by atoms with Crippen LogP contribution in [0.5, 0.6) is 0 Å². The third-order valence-corrected chi connectivity index (χ3v) is 4.75. The molecule has 0 spiro atoms. The van der Waals surface area contributed by atoms with E-state index in [9.17, 15) is 0 Å². The molecule has 17 heavy (non-hydrogen) atoms. The van der Waals surface area contributed by atoms with Gasteiger partial charge in [0.2, 0.25) is 0 Å². The molecule has 86 valence electrons. The summed E-state index contributed by atoms with van der Waals surface area (Å²) >= 11 is 7.89. The molecule has 3 rings (SSSR count). The maximum absolute atomic E-state index is 5.93. The molecule has 1 atom stereocenters. The smallest absolute Gasteiger partial charge is 0.0406 e. The Kier molecular flexibility index (Phi) is 3.13. The molecule has 0 N–H and O–H groups in total. The third kappa shape index (κ3) is 2.36. The average Bonchev–Trinajstić information content (AvgIpc) is 2.39. The van der Waals surface area contributed by atoms with Crippen molar-refractivity contribution in [1.29, 1.82) is 0 Å². The summed E-state index contributed by atoms with van der Waals surface area (Å²) in [5.41, 5.74) is 2.88. The van der Waals surface area contributed by atoms with Gasteiger partial charge < -0.3 is 0 Å². The van der Waals surface area contributed by atoms with Crippen molar-refractivity contribution in [3.05, 3.63) is 64.7 Å². The molecule has 0 radical (unpaired) electrons. The zero-order valence-electron chi connectivity index (χ0n) is 9.40. The largest absolute Gasteiger partial charge is 0.125 e. The van der Waals surface area contributed by atoms with E-state index in [-0.39, 0.29) is 0 Å². The predicted molar refractivity (Wildman–Crippen MR) is 75.1 cm³/mol. The van der Waals surface area contributed by atoms with Gasteiger partial charge in [0.05, 0.1) is 0 Å². The monoisotopic (exact) mass is 260 g/mol. The van der Waals surface area contributed by atoms with Gasteiger partial charge in [0, 0.05) is 15.7 Å². The van der Waals surface area contributed by atoms with Crippen LogP contribution in [0.3, 0.4) is 0 Å². The Balaban J connectivity index is 1.86. The van der Waals surface area contributed by atoms with Crippen molar-refractivity contribution < 1.29 is 0 Å². The van der Waals surface area contributed by atoms with Crippen LogP contribution in [0.2, 0.25) is 5.02 Å². The molecular weight excluding hydrogens is 248 g/mol. The minimum absolute atomic E-state index is 0.618. The number of fused-ring (bicyclic) bond motifs is 1. The second kappa shape index (κ2) is 4.75. The Morgan fingerprint density at radius 2 is 1.76 bits per heavy atom. The van der Waals surface area contributed by atoms with E-state index in [2.05, 4.69) is 36.4 Å². The van der Waals surface area contributed by atoms with Crippen LogP contribution in [0.4, 0.5) is 0 Å². The Hall–Kier alpha value is -0.920. The van der Waals surface area contributed by atoms with Gasteiger partial charge in [0.15, 0.2) is 0 Å². The van der Waals surface area contributed by atoms with Crippen molar-refractivity contribution in [2.75, 3.05) is 5.75 Å². The fourth-order valence-electron chi connectivity index (χ4n) is 2.28. The maximum atomic E-state index is 5.93. The van der Waals surface area contributed by atoms with Crippen LogP contribution in [0.15, 0.2) is 53.4 Å². The lowest BCUT2D eigenvalue weighted by molar-refractivity contribution is 0.746. The van der Waals surface area contributed by atoms with Crippen LogP contribution in [0.25, 0.3) is 0 Å². The number of thioether (sulfide) groups is 1. The standard InChI is InChI=1S/C15H13ClS/c16-14-7-5-11(6-8-14)13-9-12-3-1-2-4-15(12)17-10-13/h1-8,13H,9-10H2/t13-/m1/s1. The Morgan fingerprint density at radius 1 is 1.00 bits per heavy atom. The van der Waals surface area contributed by atoms with Crippen LogP contribution >= 0.6 is 23.4 Å². The minimum Gasteiger partial charge on any atom is -0.125 e. The molecule has 0 saturated heterocycles. The third-order valence-electron chi connectivity index (χ3n) is 3.22. The van der Waals surface area contributed by atoms with Crippen LogP contribution in [0.1, 0.15) is 17.0 Å². The second-order valence-corrected chi connectivity index (χ2v) is 5.87. The summed E-state index contributed by atoms with van der Waals surface area (Å²) in [7, 11) is 0. The highest BCUT2D eigenvalue weighted by Gasteiger charge is 2.19. The zero-order chi connectivity index (χ0) is 11.7. The first-order valence-electron chi connectivity index (χ1n) is 5.79. The highest BCUT2D eigenvalue weighted by Crippen LogP contribution is 2.37. The van der Waals surface area contributed by atoms with E-state index in [1.54, 1.807) is 0 Å². The summed E-state index contributed by atoms with van der Waals surface area (Å²) < 4.78 is 0. The van der Waals surface area contributed by atoms with Gasteiger partial charge in [-0.05, 0) is 41.7 Å². The van der Waals surface area contributed by atoms with Gasteiger partial charge in [-0.3, -0.25) is 0 Å². The molecule has 2 aromatic carbocycles. The van der Waals surface area contributed by atoms with Crippen LogP contribution in [-0.2, 0) is 6.42 Å². The summed E-state index contributed by atoms with van der Waals surface area (Å²) in [4.78, 5) is 1.44. The number of hydrogen-bond donors (Lipinski definition) is 0. The molecule has 0 aromatic heterocycles. The molecule has 2 heteroatoms. The van der Waals surface area contributed by atoms with Crippen molar-refractivity contribution in [3.63, 3.8) is 0 Å². The van der Waals surface area contributed by atoms with E-state index in [0.717, 1.165) is 11.4 Å². The molecule has 1 aliphatic rings. The summed E-state index contributed by atoms with van der Waals surface area (Å²) in [6.45, 7) is 0. The van der Waals surface area contributed by atoms with E-state index in [1.807, 2.05) is 23.9 Å². The van der Waals surface area contributed by atoms with Crippen molar-refractivity contribution in [2.24, 2.45) is 0 Å². The highest BCUT2D eigenvalue weighted by atomic mass is 35.5. The first kappa shape index (κ1) is 11.2. The molecular formula is C15H13ClS. The molecule has 0 amide bonds. The number of rotatable bonds is 1. The molecule has 1 heterocycles. The fourth-order valence-corrected chi connectivity index (χ4v) is 3.61. The Labute approximate surface area is 111 Å². The van der Waals surface area contributed by atoms with Crippen molar-refractivity contribution in [2.45, 2.75) is 17.2 Å². The van der Waals surface area contributed by atoms with E-state index in [4.69, 9.17) is 11.6 Å². The zero-order valence-corrected chi connectivity index (χ0v) is 11.0. The van der Waals surface area contributed by atoms with Crippen LogP contribution in [-0.4, -0.2) is 5.75 Å². The summed E-state index contributed by atoms with van der Waals surface area (Å²) in [5, 5.41) is 0.817. The van der Waals surface area contributed by atoms with Gasteiger partial charge >= 0.3 is 0 Å². The van der Waals surface area contributed by atoms with E-state index in [0.29, 0.717) is 5.92 Å². The van der Waals surface area contributed by atoms with Gasteiger partial charge in [-0.15, -0.1) is 11.8 Å². The summed E-state index contributed by atoms with van der Waals surface area (Å²) in [6, 6.07) is 17.0. The lowest BCUT2D eigenvalue weighted by Crippen LogP contribution is -2.11. The van der Waals surface area contributed by atoms with E-state index >= 15 is 0 Å². The number of halogens is 1. The minimum atomic E-state index is 0.618. The lowest BCUT2D eigenvalue weighted by atomic mass is 9.93. The van der Waals surface area contributed by atoms with Gasteiger partial charge in [0.25, 0.3) is 0 Å². The fraction of sp³-hybridized carbons (Fsp3) is 0.200. The van der Waals surface area contributed by atoms with Gasteiger partial charge in [-0.2, -0.15) is 0 Å². The molecule has 2 aromatic rings. The Morgan fingerprint density at radius 3 is 2.59 bits per heavy atom. The molecule has 0 nitrogen and oxygen atoms in total. The molecule has 0 saturated carbocycles.